The van der Waals surface area contributed by atoms with Crippen LogP contribution in [0, 0.1) is 0 Å². The van der Waals surface area contributed by atoms with Crippen LogP contribution in [0.25, 0.3) is 0 Å². The third-order valence-corrected chi connectivity index (χ3v) is 1.96. The quantitative estimate of drug-likeness (QED) is 0.587. The molecule has 0 aliphatic rings. The van der Waals surface area contributed by atoms with Crippen molar-refractivity contribution in [2.45, 2.75) is 13.0 Å². The first-order valence-electron chi connectivity index (χ1n) is 4.11. The van der Waals surface area contributed by atoms with E-state index in [2.05, 4.69) is 15.2 Å². The maximum Gasteiger partial charge on any atom is 0.326 e. The molecule has 1 aromatic heterocycles. The first-order valence-corrected chi connectivity index (χ1v) is 4.11. The van der Waals surface area contributed by atoms with Gasteiger partial charge in [-0.2, -0.15) is 4.98 Å². The van der Waals surface area contributed by atoms with E-state index in [1.165, 1.54) is 14.0 Å². The molecule has 0 fully saturated rings. The Bertz CT molecular complexity index is 388. The topological polar surface area (TPSA) is 125 Å². The van der Waals surface area contributed by atoms with Gasteiger partial charge in [0.05, 0.1) is 0 Å². The lowest BCUT2D eigenvalue weighted by atomic mass is 10.3. The van der Waals surface area contributed by atoms with Gasteiger partial charge >= 0.3 is 5.97 Å². The summed E-state index contributed by atoms with van der Waals surface area (Å²) in [4.78, 5) is 26.8. The minimum absolute atomic E-state index is 0.0604. The highest BCUT2D eigenvalue weighted by molar-refractivity contribution is 5.93. The number of aliphatic carboxylic acids is 1. The molecule has 8 nitrogen and oxygen atoms in total. The van der Waals surface area contributed by atoms with Crippen molar-refractivity contribution in [2.75, 3.05) is 12.8 Å². The summed E-state index contributed by atoms with van der Waals surface area (Å²) < 4.78 is 0. The number of nitrogens with two attached hydrogens (primary N) is 1. The maximum atomic E-state index is 11.6. The second-order valence-electron chi connectivity index (χ2n) is 2.97. The number of nitrogens with zero attached hydrogens (tertiary/aromatic N) is 3. The van der Waals surface area contributed by atoms with Crippen LogP contribution in [0.4, 0.5) is 5.95 Å². The fraction of sp³-hybridized carbons (Fsp3) is 0.429. The Labute approximate surface area is 85.1 Å². The summed E-state index contributed by atoms with van der Waals surface area (Å²) in [5.41, 5.74) is 5.21. The molecule has 1 atom stereocenters. The number of rotatable bonds is 3. The van der Waals surface area contributed by atoms with Crippen LogP contribution in [-0.4, -0.2) is 50.2 Å². The van der Waals surface area contributed by atoms with Crippen LogP contribution in [0.5, 0.6) is 0 Å². The molecule has 8 heteroatoms. The fourth-order valence-corrected chi connectivity index (χ4v) is 0.879. The van der Waals surface area contributed by atoms with Crippen LogP contribution in [0.2, 0.25) is 0 Å². The van der Waals surface area contributed by atoms with Crippen molar-refractivity contribution in [3.63, 3.8) is 0 Å². The molecule has 0 saturated carbocycles. The van der Waals surface area contributed by atoms with E-state index in [-0.39, 0.29) is 11.8 Å². The van der Waals surface area contributed by atoms with Crippen molar-refractivity contribution in [2.24, 2.45) is 0 Å². The van der Waals surface area contributed by atoms with Crippen molar-refractivity contribution in [3.8, 4) is 0 Å². The average Bonchev–Trinajstić information content (AvgIpc) is 2.61. The molecule has 4 N–H and O–H groups in total. The Balaban J connectivity index is 2.81. The summed E-state index contributed by atoms with van der Waals surface area (Å²) in [5.74, 6) is -1.81. The summed E-state index contributed by atoms with van der Waals surface area (Å²) in [5, 5.41) is 14.5. The molecule has 0 spiro atoms. The van der Waals surface area contributed by atoms with Crippen LogP contribution in [0.1, 0.15) is 17.5 Å². The number of anilines is 1. The largest absolute Gasteiger partial charge is 0.480 e. The molecule has 0 bridgehead atoms. The Morgan fingerprint density at radius 1 is 1.60 bits per heavy atom. The minimum Gasteiger partial charge on any atom is -0.480 e. The van der Waals surface area contributed by atoms with Gasteiger partial charge < -0.3 is 15.7 Å². The smallest absolute Gasteiger partial charge is 0.326 e. The van der Waals surface area contributed by atoms with Gasteiger partial charge in [0.25, 0.3) is 5.91 Å². The van der Waals surface area contributed by atoms with Gasteiger partial charge in [0.15, 0.2) is 0 Å². The number of nitrogen functional groups attached to an aromatic ring is 1. The van der Waals surface area contributed by atoms with E-state index in [9.17, 15) is 9.59 Å². The van der Waals surface area contributed by atoms with Gasteiger partial charge in [-0.3, -0.25) is 9.89 Å². The molecular weight excluding hydrogens is 202 g/mol. The van der Waals surface area contributed by atoms with E-state index >= 15 is 0 Å². The summed E-state index contributed by atoms with van der Waals surface area (Å²) in [6.07, 6.45) is 0. The third kappa shape index (κ3) is 2.22. The standard InChI is InChI=1S/C7H11N5O3/c1-3(6(14)15)12(2)5(13)4-9-7(8)11-10-4/h3H,1-2H3,(H,14,15)(H3,8,9,10,11). The molecular formula is C7H11N5O3. The number of likely N-dealkylation sites (N-methyl/N-ethyl adjacent to an activating group) is 1. The van der Waals surface area contributed by atoms with Crippen LogP contribution in [0.3, 0.4) is 0 Å². The van der Waals surface area contributed by atoms with E-state index in [0.717, 1.165) is 4.90 Å². The van der Waals surface area contributed by atoms with Gasteiger partial charge in [0.1, 0.15) is 6.04 Å². The highest BCUT2D eigenvalue weighted by atomic mass is 16.4. The zero-order valence-electron chi connectivity index (χ0n) is 8.26. The number of carbonyl (C=O) groups is 2. The summed E-state index contributed by atoms with van der Waals surface area (Å²) in [7, 11) is 1.36. The first-order chi connectivity index (χ1) is 6.93. The zero-order chi connectivity index (χ0) is 11.6. The number of hydrogen-bond acceptors (Lipinski definition) is 5. The number of carboxylic acids is 1. The predicted molar refractivity (Wildman–Crippen MR) is 50.0 cm³/mol. The highest BCUT2D eigenvalue weighted by Gasteiger charge is 2.24. The molecule has 0 aliphatic carbocycles. The molecule has 82 valence electrons. The second-order valence-corrected chi connectivity index (χ2v) is 2.97. The number of carboxylic acid groups (broad SMARTS) is 1. The molecule has 1 heterocycles. The van der Waals surface area contributed by atoms with Gasteiger partial charge in [-0.1, -0.05) is 0 Å². The Hall–Kier alpha value is -2.12. The van der Waals surface area contributed by atoms with Crippen molar-refractivity contribution in [3.05, 3.63) is 5.82 Å². The van der Waals surface area contributed by atoms with E-state index in [0.29, 0.717) is 0 Å². The molecule has 0 aliphatic heterocycles. The lowest BCUT2D eigenvalue weighted by Gasteiger charge is -2.19. The predicted octanol–water partition coefficient (Wildman–Crippen LogP) is -1.07. The Morgan fingerprint density at radius 3 is 2.60 bits per heavy atom. The van der Waals surface area contributed by atoms with Crippen molar-refractivity contribution >= 4 is 17.8 Å². The monoisotopic (exact) mass is 213 g/mol. The van der Waals surface area contributed by atoms with Crippen LogP contribution >= 0.6 is 0 Å². The Kier molecular flexibility index (Phi) is 2.88. The number of nitrogens with one attached hydrogen (secondary N) is 1. The van der Waals surface area contributed by atoms with E-state index in [4.69, 9.17) is 10.8 Å². The van der Waals surface area contributed by atoms with E-state index in [1.54, 1.807) is 0 Å². The normalized spacial score (nSPS) is 12.1. The Morgan fingerprint density at radius 2 is 2.20 bits per heavy atom. The number of H-pyrrole nitrogens is 1. The number of hydrogen-bond donors (Lipinski definition) is 3. The first kappa shape index (κ1) is 11.0. The van der Waals surface area contributed by atoms with Gasteiger partial charge in [-0.05, 0) is 6.92 Å². The molecule has 1 amide bonds. The highest BCUT2D eigenvalue weighted by Crippen LogP contribution is 2.03. The summed E-state index contributed by atoms with van der Waals surface area (Å²) in [6.45, 7) is 1.39. The zero-order valence-corrected chi connectivity index (χ0v) is 8.26. The van der Waals surface area contributed by atoms with Gasteiger partial charge in [0.2, 0.25) is 11.8 Å². The van der Waals surface area contributed by atoms with Crippen molar-refractivity contribution < 1.29 is 14.7 Å². The van der Waals surface area contributed by atoms with Crippen LogP contribution < -0.4 is 5.73 Å². The van der Waals surface area contributed by atoms with Crippen LogP contribution in [0.15, 0.2) is 0 Å². The average molecular weight is 213 g/mol. The van der Waals surface area contributed by atoms with Crippen LogP contribution in [-0.2, 0) is 4.79 Å². The van der Waals surface area contributed by atoms with Gasteiger partial charge in [-0.15, -0.1) is 5.10 Å². The van der Waals surface area contributed by atoms with Crippen molar-refractivity contribution in [1.29, 1.82) is 0 Å². The molecule has 1 unspecified atom stereocenters. The van der Waals surface area contributed by atoms with E-state index in [1.807, 2.05) is 0 Å². The molecule has 1 aromatic rings. The number of aromatic amines is 1. The summed E-state index contributed by atoms with van der Waals surface area (Å²) >= 11 is 0. The number of amides is 1. The molecule has 15 heavy (non-hydrogen) atoms. The van der Waals surface area contributed by atoms with Crippen molar-refractivity contribution in [1.82, 2.24) is 20.1 Å². The lowest BCUT2D eigenvalue weighted by Crippen LogP contribution is -2.40. The van der Waals surface area contributed by atoms with Gasteiger partial charge in [0, 0.05) is 7.05 Å². The third-order valence-electron chi connectivity index (χ3n) is 1.96. The minimum atomic E-state index is -1.10. The molecule has 1 rings (SSSR count). The van der Waals surface area contributed by atoms with E-state index < -0.39 is 17.9 Å². The lowest BCUT2D eigenvalue weighted by molar-refractivity contribution is -0.141. The fourth-order valence-electron chi connectivity index (χ4n) is 0.879. The molecule has 0 saturated heterocycles. The maximum absolute atomic E-state index is 11.6. The molecule has 0 aromatic carbocycles. The molecule has 0 radical (unpaired) electrons. The van der Waals surface area contributed by atoms with Gasteiger partial charge in [-0.25, -0.2) is 4.79 Å². The number of aromatic nitrogens is 3. The summed E-state index contributed by atoms with van der Waals surface area (Å²) in [6, 6.07) is -0.941. The SMILES string of the molecule is CC(C(=O)O)N(C)C(=O)c1nc(N)n[nH]1. The number of carbonyl (C=O) groups excluding carboxylic acids is 1. The second kappa shape index (κ2) is 3.95.